The Morgan fingerprint density at radius 3 is 1.41 bits per heavy atom. The van der Waals surface area contributed by atoms with Crippen LogP contribution in [0.5, 0.6) is 34.5 Å². The molecule has 0 aliphatic rings. The van der Waals surface area contributed by atoms with Crippen LogP contribution in [0, 0.1) is 0 Å². The molecule has 0 atom stereocenters. The Labute approximate surface area is 272 Å². The fourth-order valence-electron chi connectivity index (χ4n) is 4.61. The maximum absolute atomic E-state index is 9.03. The van der Waals surface area contributed by atoms with E-state index >= 15 is 0 Å². The van der Waals surface area contributed by atoms with Crippen molar-refractivity contribution >= 4 is 0 Å². The Bertz CT molecular complexity index is 1160. The first-order valence-corrected chi connectivity index (χ1v) is 15.0. The summed E-state index contributed by atoms with van der Waals surface area (Å²) >= 11 is 0. The summed E-state index contributed by atoms with van der Waals surface area (Å²) in [5.74, 6) is 3.22. The van der Waals surface area contributed by atoms with Crippen LogP contribution in [-0.4, -0.2) is 119 Å². The minimum absolute atomic E-state index is 0.0284. The molecule has 0 spiro atoms. The Morgan fingerprint density at radius 2 is 0.978 bits per heavy atom. The molecule has 2 N–H and O–H groups in total. The van der Waals surface area contributed by atoms with Gasteiger partial charge < -0.3 is 57.6 Å². The number of aliphatic hydroxyl groups excluding tert-OH is 2. The highest BCUT2D eigenvalue weighted by Gasteiger charge is 2.18. The molecule has 12 heteroatoms. The van der Waals surface area contributed by atoms with Crippen molar-refractivity contribution in [2.45, 2.75) is 12.8 Å². The van der Waals surface area contributed by atoms with Crippen LogP contribution in [0.15, 0.2) is 47.6 Å². The van der Waals surface area contributed by atoms with E-state index in [4.69, 9.17) is 57.6 Å². The molecule has 12 nitrogen and oxygen atoms in total. The molecule has 0 bridgehead atoms. The number of hydrogen-bond donors (Lipinski definition) is 2. The highest BCUT2D eigenvalue weighted by atomic mass is 16.5. The summed E-state index contributed by atoms with van der Waals surface area (Å²) < 4.78 is 56.0. The van der Waals surface area contributed by atoms with E-state index in [0.717, 1.165) is 22.3 Å². The maximum atomic E-state index is 9.03. The zero-order chi connectivity index (χ0) is 33.6. The van der Waals surface area contributed by atoms with Crippen molar-refractivity contribution in [1.82, 2.24) is 0 Å². The van der Waals surface area contributed by atoms with Gasteiger partial charge in [0.15, 0.2) is 23.0 Å². The summed E-state index contributed by atoms with van der Waals surface area (Å²) in [4.78, 5) is 0. The second kappa shape index (κ2) is 22.9. The molecule has 0 saturated heterocycles. The van der Waals surface area contributed by atoms with Gasteiger partial charge in [-0.3, -0.25) is 0 Å². The normalized spacial score (nSPS) is 11.8. The molecule has 0 aromatic heterocycles. The first-order valence-electron chi connectivity index (χ1n) is 15.0. The number of ether oxygens (including phenoxy) is 10. The van der Waals surface area contributed by atoms with Gasteiger partial charge in [0, 0.05) is 0 Å². The Balaban J connectivity index is 2.55. The van der Waals surface area contributed by atoms with Crippen LogP contribution in [0.3, 0.4) is 0 Å². The van der Waals surface area contributed by atoms with Gasteiger partial charge in [-0.2, -0.15) is 0 Å². The van der Waals surface area contributed by atoms with Gasteiger partial charge in [0.1, 0.15) is 0 Å². The number of rotatable bonds is 25. The average Bonchev–Trinajstić information content (AvgIpc) is 3.08. The molecule has 0 amide bonds. The first kappa shape index (κ1) is 38.7. The predicted molar refractivity (Wildman–Crippen MR) is 173 cm³/mol. The van der Waals surface area contributed by atoms with Crippen LogP contribution < -0.4 is 28.4 Å². The van der Waals surface area contributed by atoms with E-state index in [2.05, 4.69) is 0 Å². The van der Waals surface area contributed by atoms with Crippen LogP contribution in [0.25, 0.3) is 0 Å². The smallest absolute Gasteiger partial charge is 0.203 e. The fraction of sp³-hybridized carbons (Fsp3) is 0.529. The van der Waals surface area contributed by atoms with E-state index in [9.17, 15) is 0 Å². The standard InChI is InChI=1S/C34H50O12/c1-37-29-20-25(21-30(38-2)33(29)41-5)18-27(8-7-11-43-14-15-44-12-9-35)28(24-46-17-16-45-13-10-36)19-26-22-31(39-3)34(42-6)32(23-26)40-4/h7-8,20-23,35-36H,9-19,24H2,1-6H3/b8-7+,28-27-. The molecular formula is C34H50O12. The van der Waals surface area contributed by atoms with E-state index in [1.165, 1.54) is 0 Å². The van der Waals surface area contributed by atoms with Crippen molar-refractivity contribution in [2.75, 3.05) is 109 Å². The van der Waals surface area contributed by atoms with Crippen molar-refractivity contribution < 1.29 is 57.6 Å². The maximum Gasteiger partial charge on any atom is 0.203 e. The molecule has 2 rings (SSSR count). The summed E-state index contributed by atoms with van der Waals surface area (Å²) in [6.07, 6.45) is 4.99. The van der Waals surface area contributed by atoms with E-state index < -0.39 is 0 Å². The van der Waals surface area contributed by atoms with Crippen LogP contribution in [0.4, 0.5) is 0 Å². The van der Waals surface area contributed by atoms with Gasteiger partial charge in [0.2, 0.25) is 11.5 Å². The molecule has 0 heterocycles. The molecule has 258 valence electrons. The summed E-state index contributed by atoms with van der Waals surface area (Å²) in [7, 11) is 9.48. The molecule has 0 aliphatic carbocycles. The SMILES string of the molecule is COc1cc(CC(/C=C/COCCOCCO)=C(\COCCOCCO)Cc2cc(OC)c(OC)c(OC)c2)cc(OC)c1OC. The average molecular weight is 651 g/mol. The highest BCUT2D eigenvalue weighted by molar-refractivity contribution is 5.56. The van der Waals surface area contributed by atoms with Gasteiger partial charge >= 0.3 is 0 Å². The van der Waals surface area contributed by atoms with Crippen LogP contribution in [0.1, 0.15) is 11.1 Å². The lowest BCUT2D eigenvalue weighted by atomic mass is 9.94. The third kappa shape index (κ3) is 12.7. The monoisotopic (exact) mass is 650 g/mol. The van der Waals surface area contributed by atoms with Gasteiger partial charge in [-0.05, 0) is 59.4 Å². The summed E-state index contributed by atoms with van der Waals surface area (Å²) in [6.45, 7) is 2.58. The van der Waals surface area contributed by atoms with Crippen molar-refractivity contribution in [2.24, 2.45) is 0 Å². The van der Waals surface area contributed by atoms with E-state index in [1.807, 2.05) is 36.4 Å². The second-order valence-corrected chi connectivity index (χ2v) is 9.75. The molecule has 2 aromatic rings. The number of hydrogen-bond acceptors (Lipinski definition) is 12. The van der Waals surface area contributed by atoms with E-state index in [1.54, 1.807) is 42.7 Å². The molecule has 0 saturated carbocycles. The van der Waals surface area contributed by atoms with Crippen LogP contribution in [-0.2, 0) is 31.8 Å². The van der Waals surface area contributed by atoms with Crippen molar-refractivity contribution in [3.05, 3.63) is 58.7 Å². The summed E-state index contributed by atoms with van der Waals surface area (Å²) in [6, 6.07) is 7.68. The zero-order valence-electron chi connectivity index (χ0n) is 27.9. The number of allylic oxidation sites excluding steroid dienone is 2. The summed E-state index contributed by atoms with van der Waals surface area (Å²) in [5, 5.41) is 17.9. The number of benzene rings is 2. The molecular weight excluding hydrogens is 600 g/mol. The zero-order valence-corrected chi connectivity index (χ0v) is 27.9. The quantitative estimate of drug-likeness (QED) is 0.121. The molecule has 0 fully saturated rings. The van der Waals surface area contributed by atoms with Gasteiger partial charge in [-0.25, -0.2) is 0 Å². The van der Waals surface area contributed by atoms with Gasteiger partial charge in [0.05, 0.1) is 109 Å². The Kier molecular flexibility index (Phi) is 19.2. The van der Waals surface area contributed by atoms with Crippen molar-refractivity contribution in [1.29, 1.82) is 0 Å². The van der Waals surface area contributed by atoms with Crippen LogP contribution in [0.2, 0.25) is 0 Å². The van der Waals surface area contributed by atoms with Crippen LogP contribution >= 0.6 is 0 Å². The molecule has 2 aromatic carbocycles. The molecule has 0 unspecified atom stereocenters. The minimum atomic E-state index is -0.0500. The van der Waals surface area contributed by atoms with Gasteiger partial charge in [-0.1, -0.05) is 12.2 Å². The first-order chi connectivity index (χ1) is 22.5. The third-order valence-corrected chi connectivity index (χ3v) is 6.74. The van der Waals surface area contributed by atoms with Crippen molar-refractivity contribution in [3.8, 4) is 34.5 Å². The topological polar surface area (TPSA) is 133 Å². The van der Waals surface area contributed by atoms with Crippen molar-refractivity contribution in [3.63, 3.8) is 0 Å². The fourth-order valence-corrected chi connectivity index (χ4v) is 4.61. The van der Waals surface area contributed by atoms with Gasteiger partial charge in [-0.15, -0.1) is 0 Å². The Morgan fingerprint density at radius 1 is 0.543 bits per heavy atom. The van der Waals surface area contributed by atoms with E-state index in [-0.39, 0.29) is 26.4 Å². The Hall–Kier alpha value is -3.52. The molecule has 0 aliphatic heterocycles. The summed E-state index contributed by atoms with van der Waals surface area (Å²) in [5.41, 5.74) is 3.84. The second-order valence-electron chi connectivity index (χ2n) is 9.75. The third-order valence-electron chi connectivity index (χ3n) is 6.74. The van der Waals surface area contributed by atoms with Gasteiger partial charge in [0.25, 0.3) is 0 Å². The lowest BCUT2D eigenvalue weighted by molar-refractivity contribution is 0.0391. The lowest BCUT2D eigenvalue weighted by Crippen LogP contribution is -2.12. The lowest BCUT2D eigenvalue weighted by Gasteiger charge is -2.19. The largest absolute Gasteiger partial charge is 0.493 e. The van der Waals surface area contributed by atoms with E-state index in [0.29, 0.717) is 87.0 Å². The molecule has 0 radical (unpaired) electrons. The predicted octanol–water partition coefficient (Wildman–Crippen LogP) is 3.43. The minimum Gasteiger partial charge on any atom is -0.493 e. The highest BCUT2D eigenvalue weighted by Crippen LogP contribution is 2.40. The number of methoxy groups -OCH3 is 6. The number of aliphatic hydroxyl groups is 2. The molecule has 46 heavy (non-hydrogen) atoms.